The maximum atomic E-state index is 5.16. The van der Waals surface area contributed by atoms with Gasteiger partial charge >= 0.3 is 0 Å². The van der Waals surface area contributed by atoms with Gasteiger partial charge in [0.2, 0.25) is 0 Å². The molecule has 0 saturated heterocycles. The molecule has 0 fully saturated rings. The number of hydrogen-bond donors (Lipinski definition) is 1. The first-order valence-electron chi connectivity index (χ1n) is 3.85. The van der Waals surface area contributed by atoms with E-state index in [2.05, 4.69) is 11.0 Å². The van der Waals surface area contributed by atoms with E-state index in [4.69, 9.17) is 4.42 Å². The second kappa shape index (κ2) is 3.16. The molecule has 0 aromatic carbocycles. The summed E-state index contributed by atoms with van der Waals surface area (Å²) in [6.07, 6.45) is 7.48. The zero-order valence-electron chi connectivity index (χ0n) is 6.58. The van der Waals surface area contributed by atoms with Crippen LogP contribution in [0.25, 0.3) is 0 Å². The summed E-state index contributed by atoms with van der Waals surface area (Å²) in [7, 11) is 0. The van der Waals surface area contributed by atoms with Crippen molar-refractivity contribution in [2.45, 2.75) is 6.54 Å². The Morgan fingerprint density at radius 2 is 2.50 bits per heavy atom. The minimum Gasteiger partial charge on any atom is -0.467 e. The molecule has 2 nitrogen and oxygen atoms in total. The van der Waals surface area contributed by atoms with Gasteiger partial charge in [0, 0.05) is 0 Å². The predicted octanol–water partition coefficient (Wildman–Crippen LogP) is 1.98. The van der Waals surface area contributed by atoms with Crippen LogP contribution in [-0.2, 0) is 6.54 Å². The molecule has 0 bridgehead atoms. The monoisotopic (exact) mass is 159 g/mol. The zero-order valence-corrected chi connectivity index (χ0v) is 6.58. The van der Waals surface area contributed by atoms with E-state index in [0.29, 0.717) is 6.54 Å². The van der Waals surface area contributed by atoms with Gasteiger partial charge in [-0.1, -0.05) is 11.8 Å². The molecule has 60 valence electrons. The molecular formula is C10H9NO. The molecule has 1 aliphatic rings. The predicted molar refractivity (Wildman–Crippen MR) is 46.3 cm³/mol. The van der Waals surface area contributed by atoms with E-state index in [1.165, 1.54) is 0 Å². The lowest BCUT2D eigenvalue weighted by Crippen LogP contribution is -2.08. The number of rotatable bonds is 3. The van der Waals surface area contributed by atoms with E-state index < -0.39 is 0 Å². The van der Waals surface area contributed by atoms with Gasteiger partial charge in [-0.2, -0.15) is 0 Å². The molecular weight excluding hydrogens is 150 g/mol. The SMILES string of the molecule is C1=CC=CC=1NCc1ccco1. The van der Waals surface area contributed by atoms with Gasteiger partial charge in [0.25, 0.3) is 0 Å². The van der Waals surface area contributed by atoms with Crippen molar-refractivity contribution >= 4 is 0 Å². The molecule has 12 heavy (non-hydrogen) atoms. The van der Waals surface area contributed by atoms with Crippen LogP contribution in [0, 0.1) is 0 Å². The third kappa shape index (κ3) is 1.49. The van der Waals surface area contributed by atoms with E-state index in [1.807, 2.05) is 30.4 Å². The van der Waals surface area contributed by atoms with Crippen molar-refractivity contribution in [1.29, 1.82) is 0 Å². The van der Waals surface area contributed by atoms with Crippen molar-refractivity contribution in [3.05, 3.63) is 53.8 Å². The van der Waals surface area contributed by atoms with Gasteiger partial charge in [-0.3, -0.25) is 0 Å². The molecule has 0 saturated carbocycles. The number of allylic oxidation sites excluding steroid dienone is 2. The van der Waals surface area contributed by atoms with Crippen molar-refractivity contribution in [2.24, 2.45) is 0 Å². The van der Waals surface area contributed by atoms with Gasteiger partial charge in [-0.15, -0.1) is 0 Å². The Bertz CT molecular complexity index is 340. The van der Waals surface area contributed by atoms with Crippen LogP contribution in [0.4, 0.5) is 0 Å². The molecule has 2 heteroatoms. The number of furan rings is 1. The van der Waals surface area contributed by atoms with Crippen LogP contribution in [0.3, 0.4) is 0 Å². The highest BCUT2D eigenvalue weighted by molar-refractivity contribution is 5.27. The summed E-state index contributed by atoms with van der Waals surface area (Å²) in [5.41, 5.74) is 4.05. The van der Waals surface area contributed by atoms with Gasteiger partial charge < -0.3 is 9.73 Å². The van der Waals surface area contributed by atoms with Gasteiger partial charge in [-0.25, -0.2) is 0 Å². The zero-order chi connectivity index (χ0) is 8.23. The quantitative estimate of drug-likeness (QED) is 0.682. The summed E-state index contributed by atoms with van der Waals surface area (Å²) in [6, 6.07) is 3.82. The van der Waals surface area contributed by atoms with Gasteiger partial charge in [0.05, 0.1) is 18.5 Å². The summed E-state index contributed by atoms with van der Waals surface area (Å²) < 4.78 is 5.16. The number of hydrogen-bond acceptors (Lipinski definition) is 2. The highest BCUT2D eigenvalue weighted by atomic mass is 16.3. The van der Waals surface area contributed by atoms with Crippen molar-refractivity contribution in [3.8, 4) is 0 Å². The molecule has 2 rings (SSSR count). The highest BCUT2D eigenvalue weighted by Gasteiger charge is 1.96. The maximum absolute atomic E-state index is 5.16. The van der Waals surface area contributed by atoms with Crippen molar-refractivity contribution in [3.63, 3.8) is 0 Å². The second-order valence-corrected chi connectivity index (χ2v) is 2.52. The first-order valence-corrected chi connectivity index (χ1v) is 3.85. The average molecular weight is 159 g/mol. The van der Waals surface area contributed by atoms with Crippen LogP contribution in [0.2, 0.25) is 0 Å². The van der Waals surface area contributed by atoms with E-state index in [9.17, 15) is 0 Å². The van der Waals surface area contributed by atoms with Gasteiger partial charge in [-0.05, 0) is 24.3 Å². The molecule has 0 unspecified atom stereocenters. The largest absolute Gasteiger partial charge is 0.467 e. The second-order valence-electron chi connectivity index (χ2n) is 2.52. The fourth-order valence-corrected chi connectivity index (χ4v) is 1.04. The highest BCUT2D eigenvalue weighted by Crippen LogP contribution is 2.02. The Labute approximate surface area is 70.9 Å². The summed E-state index contributed by atoms with van der Waals surface area (Å²) >= 11 is 0. The van der Waals surface area contributed by atoms with E-state index in [1.54, 1.807) is 6.26 Å². The lowest BCUT2D eigenvalue weighted by Gasteiger charge is -1.99. The first kappa shape index (κ1) is 7.01. The average Bonchev–Trinajstić information content (AvgIpc) is 2.74. The Morgan fingerprint density at radius 3 is 3.17 bits per heavy atom. The molecule has 0 aliphatic heterocycles. The summed E-state index contributed by atoms with van der Waals surface area (Å²) in [5, 5.41) is 3.18. The Balaban J connectivity index is 1.91. The molecule has 0 spiro atoms. The van der Waals surface area contributed by atoms with Gasteiger partial charge in [0.1, 0.15) is 5.76 Å². The molecule has 1 aliphatic carbocycles. The normalized spacial score (nSPS) is 13.5. The van der Waals surface area contributed by atoms with E-state index in [0.717, 1.165) is 11.5 Å². The molecule has 0 amide bonds. The molecule has 1 aromatic rings. The molecule has 0 atom stereocenters. The number of nitrogens with one attached hydrogen (secondary N) is 1. The van der Waals surface area contributed by atoms with Crippen LogP contribution in [0.15, 0.2) is 52.5 Å². The van der Waals surface area contributed by atoms with Crippen LogP contribution < -0.4 is 5.32 Å². The molecule has 1 N–H and O–H groups in total. The lowest BCUT2D eigenvalue weighted by molar-refractivity contribution is 0.497. The molecule has 0 radical (unpaired) electrons. The fourth-order valence-electron chi connectivity index (χ4n) is 1.04. The van der Waals surface area contributed by atoms with Crippen molar-refractivity contribution < 1.29 is 4.42 Å². The first-order chi connectivity index (χ1) is 5.95. The van der Waals surface area contributed by atoms with Crippen LogP contribution >= 0.6 is 0 Å². The Hall–Kier alpha value is -1.66. The minimum absolute atomic E-state index is 0.716. The third-order valence-electron chi connectivity index (χ3n) is 1.63. The fraction of sp³-hybridized carbons (Fsp3) is 0.100. The minimum atomic E-state index is 0.716. The van der Waals surface area contributed by atoms with Crippen LogP contribution in [0.1, 0.15) is 5.76 Å². The van der Waals surface area contributed by atoms with Crippen molar-refractivity contribution in [1.82, 2.24) is 5.32 Å². The Morgan fingerprint density at radius 1 is 1.50 bits per heavy atom. The van der Waals surface area contributed by atoms with E-state index in [-0.39, 0.29) is 0 Å². The molecule has 1 heterocycles. The van der Waals surface area contributed by atoms with Crippen molar-refractivity contribution in [2.75, 3.05) is 0 Å². The third-order valence-corrected chi connectivity index (χ3v) is 1.63. The van der Waals surface area contributed by atoms with E-state index >= 15 is 0 Å². The topological polar surface area (TPSA) is 25.2 Å². The molecule has 1 aromatic heterocycles. The smallest absolute Gasteiger partial charge is 0.122 e. The summed E-state index contributed by atoms with van der Waals surface area (Å²) in [5.74, 6) is 0.935. The maximum Gasteiger partial charge on any atom is 0.122 e. The lowest BCUT2D eigenvalue weighted by atomic mass is 10.4. The standard InChI is InChI=1S/C10H9NO/c1-2-5-9(4-1)11-8-10-6-3-7-12-10/h1-4,6-7,11H,8H2. The Kier molecular flexibility index (Phi) is 1.85. The van der Waals surface area contributed by atoms with Crippen LogP contribution in [-0.4, -0.2) is 0 Å². The van der Waals surface area contributed by atoms with Gasteiger partial charge in [0.15, 0.2) is 0 Å². The van der Waals surface area contributed by atoms with Crippen LogP contribution in [0.5, 0.6) is 0 Å². The summed E-state index contributed by atoms with van der Waals surface area (Å²) in [6.45, 7) is 0.716. The summed E-state index contributed by atoms with van der Waals surface area (Å²) in [4.78, 5) is 0.